The van der Waals surface area contributed by atoms with Gasteiger partial charge in [-0.25, -0.2) is 19.9 Å². The summed E-state index contributed by atoms with van der Waals surface area (Å²) in [4.78, 5) is 26.9. The predicted molar refractivity (Wildman–Crippen MR) is 436 cm³/mol. The van der Waals surface area contributed by atoms with Gasteiger partial charge >= 0.3 is 0 Å². The average Bonchev–Trinajstić information content (AvgIpc) is 1.03. The Kier molecular flexibility index (Phi) is 13.0. The molecule has 10 nitrogen and oxygen atoms in total. The van der Waals surface area contributed by atoms with E-state index in [0.29, 0.717) is 11.6 Å². The van der Waals surface area contributed by atoms with Crippen molar-refractivity contribution in [2.75, 3.05) is 0 Å². The van der Waals surface area contributed by atoms with Crippen LogP contribution in [0.5, 0.6) is 23.0 Å². The Labute approximate surface area is 616 Å². The highest BCUT2D eigenvalue weighted by atomic mass is 32.2. The molecule has 14 aromatic carbocycles. The highest BCUT2D eigenvalue weighted by Crippen LogP contribution is 2.45. The van der Waals surface area contributed by atoms with Crippen molar-refractivity contribution in [3.8, 4) is 69.0 Å². The molecule has 0 atom stereocenters. The van der Waals surface area contributed by atoms with E-state index < -0.39 is 0 Å². The second kappa shape index (κ2) is 23.2. The molecule has 6 aromatic heterocycles. The molecule has 492 valence electrons. The largest absolute Gasteiger partial charge is 0.458 e. The Morgan fingerprint density at radius 3 is 0.802 bits per heavy atom. The first kappa shape index (κ1) is 59.4. The van der Waals surface area contributed by atoms with Crippen molar-refractivity contribution in [2.24, 2.45) is 0 Å². The number of aromatic nitrogens is 8. The van der Waals surface area contributed by atoms with Crippen molar-refractivity contribution in [3.63, 3.8) is 0 Å². The highest BCUT2D eigenvalue weighted by molar-refractivity contribution is 8.01. The molecule has 0 radical (unpaired) electrons. The number of para-hydroxylation sites is 10. The van der Waals surface area contributed by atoms with Gasteiger partial charge in [-0.3, -0.25) is 18.3 Å². The molecular formula is C92H54B2N8O2S2. The molecule has 0 N–H and O–H groups in total. The third-order valence-corrected chi connectivity index (χ3v) is 24.0. The molecule has 4 aliphatic rings. The van der Waals surface area contributed by atoms with Crippen LogP contribution in [0.15, 0.2) is 347 Å². The normalized spacial score (nSPS) is 12.9. The molecule has 4 aliphatic heterocycles. The minimum Gasteiger partial charge on any atom is -0.458 e. The van der Waals surface area contributed by atoms with Gasteiger partial charge in [0.15, 0.2) is 11.6 Å². The Balaban J connectivity index is 0.000000129. The summed E-state index contributed by atoms with van der Waals surface area (Å²) >= 11 is 3.73. The van der Waals surface area contributed by atoms with E-state index in [2.05, 4.69) is 322 Å². The first-order chi connectivity index (χ1) is 52.6. The maximum absolute atomic E-state index is 6.69. The fourth-order valence-electron chi connectivity index (χ4n) is 17.3. The number of hydrogen-bond donors (Lipinski definition) is 0. The van der Waals surface area contributed by atoms with Crippen molar-refractivity contribution in [1.82, 2.24) is 38.2 Å². The second-order valence-electron chi connectivity index (χ2n) is 27.5. The van der Waals surface area contributed by atoms with Crippen LogP contribution in [0.25, 0.3) is 133 Å². The molecule has 0 aliphatic carbocycles. The summed E-state index contributed by atoms with van der Waals surface area (Å²) < 4.78 is 22.5. The molecule has 0 saturated heterocycles. The molecule has 20 aromatic rings. The molecule has 0 unspecified atom stereocenters. The lowest BCUT2D eigenvalue weighted by Crippen LogP contribution is -2.57. The fourth-order valence-corrected chi connectivity index (χ4v) is 19.8. The van der Waals surface area contributed by atoms with E-state index in [-0.39, 0.29) is 13.4 Å². The summed E-state index contributed by atoms with van der Waals surface area (Å²) in [6, 6.07) is 116. The van der Waals surface area contributed by atoms with Crippen LogP contribution in [0.1, 0.15) is 0 Å². The molecule has 0 saturated carbocycles. The number of nitrogens with zero attached hydrogens (tertiary/aromatic N) is 8. The van der Waals surface area contributed by atoms with Crippen LogP contribution in [-0.4, -0.2) is 51.6 Å². The van der Waals surface area contributed by atoms with Crippen LogP contribution in [0.3, 0.4) is 0 Å². The Bertz CT molecular complexity index is 6140. The summed E-state index contributed by atoms with van der Waals surface area (Å²) in [5.41, 5.74) is 18.0. The maximum Gasteiger partial charge on any atom is 0.260 e. The maximum atomic E-state index is 6.69. The van der Waals surface area contributed by atoms with E-state index in [9.17, 15) is 0 Å². The van der Waals surface area contributed by atoms with Gasteiger partial charge in [-0.15, -0.1) is 0 Å². The van der Waals surface area contributed by atoms with Gasteiger partial charge in [-0.2, -0.15) is 0 Å². The molecule has 24 rings (SSSR count). The van der Waals surface area contributed by atoms with Crippen molar-refractivity contribution < 1.29 is 9.47 Å². The van der Waals surface area contributed by atoms with Crippen LogP contribution in [0, 0.1) is 0 Å². The Morgan fingerprint density at radius 1 is 0.226 bits per heavy atom. The molecule has 10 heterocycles. The number of ether oxygens (including phenoxy) is 2. The third kappa shape index (κ3) is 8.92. The second-order valence-corrected chi connectivity index (χ2v) is 29.7. The zero-order valence-corrected chi connectivity index (χ0v) is 58.2. The van der Waals surface area contributed by atoms with E-state index in [0.717, 1.165) is 118 Å². The van der Waals surface area contributed by atoms with E-state index >= 15 is 0 Å². The third-order valence-electron chi connectivity index (χ3n) is 21.7. The quantitative estimate of drug-likeness (QED) is 0.152. The van der Waals surface area contributed by atoms with Gasteiger partial charge < -0.3 is 9.47 Å². The summed E-state index contributed by atoms with van der Waals surface area (Å²) in [7, 11) is 0. The SMILES string of the molecule is c1ccc2c(c1)Oc1cc(-c3nc(-n4c5ccccc5c5ccccc54)cc(-n4c5ccccc5c5ccccc54)n3)cc3c1B2c1ccccc1O3.c1ccc2c(c1)Sc1cc(-c3nc(-n4c5ccccc5c5ccccc54)cc(-n4c5ccccc5c5ccccc54)n3)cc3c1B2c1ccccc1S3. The van der Waals surface area contributed by atoms with Crippen molar-refractivity contribution >= 4 is 157 Å². The van der Waals surface area contributed by atoms with Crippen LogP contribution in [-0.2, 0) is 0 Å². The van der Waals surface area contributed by atoms with Crippen molar-refractivity contribution in [2.45, 2.75) is 19.6 Å². The van der Waals surface area contributed by atoms with Gasteiger partial charge in [0.05, 0.1) is 44.1 Å². The molecular weight excluding hydrogens is 1330 g/mol. The summed E-state index contributed by atoms with van der Waals surface area (Å²) in [6.45, 7) is 0.184. The Morgan fingerprint density at radius 2 is 0.481 bits per heavy atom. The van der Waals surface area contributed by atoms with Crippen LogP contribution < -0.4 is 42.3 Å². The Hall–Kier alpha value is -13.1. The number of rotatable bonds is 6. The fraction of sp³-hybridized carbons (Fsp3) is 0. The first-order valence-corrected chi connectivity index (χ1v) is 37.4. The summed E-state index contributed by atoms with van der Waals surface area (Å²) in [5, 5.41) is 9.50. The first-order valence-electron chi connectivity index (χ1n) is 35.7. The lowest BCUT2D eigenvalue weighted by molar-refractivity contribution is 0.465. The van der Waals surface area contributed by atoms with Crippen LogP contribution >= 0.6 is 23.5 Å². The topological polar surface area (TPSA) is 89.7 Å². The predicted octanol–water partition coefficient (Wildman–Crippen LogP) is 18.8. The van der Waals surface area contributed by atoms with E-state index in [1.165, 1.54) is 79.1 Å². The average molecular weight is 1390 g/mol. The van der Waals surface area contributed by atoms with Gasteiger partial charge in [0.2, 0.25) is 6.71 Å². The number of fused-ring (bicyclic) bond motifs is 20. The summed E-state index contributed by atoms with van der Waals surface area (Å²) in [5.74, 6) is 7.68. The zero-order valence-electron chi connectivity index (χ0n) is 56.5. The molecule has 106 heavy (non-hydrogen) atoms. The van der Waals surface area contributed by atoms with E-state index in [1.807, 2.05) is 47.8 Å². The van der Waals surface area contributed by atoms with Crippen molar-refractivity contribution in [1.29, 1.82) is 0 Å². The zero-order chi connectivity index (χ0) is 69.2. The van der Waals surface area contributed by atoms with E-state index in [1.54, 1.807) is 0 Å². The lowest BCUT2D eigenvalue weighted by atomic mass is 9.35. The van der Waals surface area contributed by atoms with Gasteiger partial charge in [0.25, 0.3) is 6.71 Å². The van der Waals surface area contributed by atoms with Gasteiger partial charge in [-0.05, 0) is 113 Å². The van der Waals surface area contributed by atoms with Crippen molar-refractivity contribution in [3.05, 3.63) is 328 Å². The molecule has 0 bridgehead atoms. The molecule has 0 fully saturated rings. The monoisotopic (exact) mass is 1390 g/mol. The minimum atomic E-state index is -0.0121. The molecule has 14 heteroatoms. The highest BCUT2D eigenvalue weighted by Gasteiger charge is 2.42. The van der Waals surface area contributed by atoms with Gasteiger partial charge in [-0.1, -0.05) is 253 Å². The standard InChI is InChI=1S/C46H27BN4O2.C46H27BN4S2/c2*1-7-19-35-29(13-1)30-14-2-8-20-36(30)50(35)43-27-44(51-37-21-9-3-15-31(37)32-16-4-10-22-38(32)51)49-46(48-43)28-25-41-45-42(26-28)53-40-24-12-6-18-34(40)47(45)33-17-5-11-23-39(33)52-41/h2*1-27H. The summed E-state index contributed by atoms with van der Waals surface area (Å²) in [6.07, 6.45) is 0. The number of benzene rings is 14. The molecule has 0 amide bonds. The smallest absolute Gasteiger partial charge is 0.260 e. The van der Waals surface area contributed by atoms with E-state index in [4.69, 9.17) is 29.4 Å². The van der Waals surface area contributed by atoms with Crippen LogP contribution in [0.4, 0.5) is 0 Å². The van der Waals surface area contributed by atoms with Gasteiger partial charge in [0.1, 0.15) is 46.3 Å². The van der Waals surface area contributed by atoms with Gasteiger partial charge in [0, 0.05) is 91.4 Å². The number of hydrogen-bond acceptors (Lipinski definition) is 8. The van der Waals surface area contributed by atoms with Crippen LogP contribution in [0.2, 0.25) is 0 Å². The minimum absolute atomic E-state index is 0.0121. The molecule has 0 spiro atoms. The lowest BCUT2D eigenvalue weighted by Gasteiger charge is -2.33.